The maximum atomic E-state index is 13.6. The summed E-state index contributed by atoms with van der Waals surface area (Å²) in [7, 11) is 0. The fraction of sp³-hybridized carbons (Fsp3) is 0.294. The van der Waals surface area contributed by atoms with E-state index in [1.165, 1.54) is 12.1 Å². The summed E-state index contributed by atoms with van der Waals surface area (Å²) < 4.78 is 26.5. The highest BCUT2D eigenvalue weighted by Crippen LogP contribution is 2.25. The Morgan fingerprint density at radius 2 is 1.60 bits per heavy atom. The van der Waals surface area contributed by atoms with Gasteiger partial charge in [0, 0.05) is 12.5 Å². The molecule has 3 heteroatoms. The largest absolute Gasteiger partial charge is 0.388 e. The van der Waals surface area contributed by atoms with Gasteiger partial charge in [0.1, 0.15) is 11.6 Å². The lowest BCUT2D eigenvalue weighted by Gasteiger charge is -2.16. The van der Waals surface area contributed by atoms with Crippen LogP contribution < -0.4 is 0 Å². The van der Waals surface area contributed by atoms with Crippen LogP contribution in [0.3, 0.4) is 0 Å². The third-order valence-electron chi connectivity index (χ3n) is 3.67. The second-order valence-corrected chi connectivity index (χ2v) is 5.25. The van der Waals surface area contributed by atoms with Gasteiger partial charge >= 0.3 is 0 Å². The Bertz CT molecular complexity index is 635. The summed E-state index contributed by atoms with van der Waals surface area (Å²) in [5.74, 6) is -1.23. The topological polar surface area (TPSA) is 20.2 Å². The molecule has 106 valence electrons. The molecule has 0 saturated carbocycles. The third-order valence-corrected chi connectivity index (χ3v) is 3.67. The van der Waals surface area contributed by atoms with E-state index in [2.05, 4.69) is 0 Å². The van der Waals surface area contributed by atoms with E-state index in [-0.39, 0.29) is 6.42 Å². The molecule has 2 rings (SSSR count). The minimum Gasteiger partial charge on any atom is -0.388 e. The van der Waals surface area contributed by atoms with Crippen molar-refractivity contribution in [2.45, 2.75) is 33.3 Å². The summed E-state index contributed by atoms with van der Waals surface area (Å²) in [6, 6.07) is 7.36. The second kappa shape index (κ2) is 5.71. The zero-order chi connectivity index (χ0) is 14.9. The van der Waals surface area contributed by atoms with Gasteiger partial charge in [-0.1, -0.05) is 18.2 Å². The van der Waals surface area contributed by atoms with Gasteiger partial charge in [0.25, 0.3) is 0 Å². The predicted molar refractivity (Wildman–Crippen MR) is 75.7 cm³/mol. The molecule has 20 heavy (non-hydrogen) atoms. The van der Waals surface area contributed by atoms with Crippen LogP contribution in [0.25, 0.3) is 0 Å². The van der Waals surface area contributed by atoms with Gasteiger partial charge in [-0.05, 0) is 54.7 Å². The molecule has 2 aromatic carbocycles. The van der Waals surface area contributed by atoms with Gasteiger partial charge in [0.15, 0.2) is 0 Å². The zero-order valence-electron chi connectivity index (χ0n) is 11.9. The number of halogens is 2. The first kappa shape index (κ1) is 14.7. The number of hydrogen-bond acceptors (Lipinski definition) is 1. The van der Waals surface area contributed by atoms with Gasteiger partial charge < -0.3 is 5.11 Å². The van der Waals surface area contributed by atoms with Crippen LogP contribution in [0.4, 0.5) is 8.78 Å². The fourth-order valence-corrected chi connectivity index (χ4v) is 2.35. The maximum Gasteiger partial charge on any atom is 0.129 e. The van der Waals surface area contributed by atoms with Crippen LogP contribution in [0.15, 0.2) is 30.3 Å². The summed E-state index contributed by atoms with van der Waals surface area (Å²) in [5.41, 5.74) is 4.33. The van der Waals surface area contributed by atoms with Crippen molar-refractivity contribution in [3.63, 3.8) is 0 Å². The lowest BCUT2D eigenvalue weighted by molar-refractivity contribution is 0.176. The Labute approximate surface area is 117 Å². The van der Waals surface area contributed by atoms with Crippen LogP contribution in [0.2, 0.25) is 0 Å². The van der Waals surface area contributed by atoms with E-state index in [4.69, 9.17) is 0 Å². The average Bonchev–Trinajstić information content (AvgIpc) is 2.37. The molecule has 0 aromatic heterocycles. The molecule has 0 saturated heterocycles. The summed E-state index contributed by atoms with van der Waals surface area (Å²) >= 11 is 0. The van der Waals surface area contributed by atoms with Gasteiger partial charge in [-0.2, -0.15) is 0 Å². The molecular formula is C17H18F2O. The molecule has 2 aromatic rings. The highest BCUT2D eigenvalue weighted by molar-refractivity contribution is 5.38. The van der Waals surface area contributed by atoms with E-state index in [0.29, 0.717) is 5.56 Å². The minimum absolute atomic E-state index is 0.134. The van der Waals surface area contributed by atoms with E-state index in [9.17, 15) is 13.9 Å². The number of rotatable bonds is 3. The molecule has 0 fully saturated rings. The number of hydrogen-bond donors (Lipinski definition) is 1. The van der Waals surface area contributed by atoms with E-state index in [1.54, 1.807) is 0 Å². The Hall–Kier alpha value is -1.74. The molecule has 1 unspecified atom stereocenters. The van der Waals surface area contributed by atoms with Gasteiger partial charge in [0.2, 0.25) is 0 Å². The molecule has 0 aliphatic heterocycles. The number of aliphatic hydroxyl groups excluding tert-OH is 1. The standard InChI is InChI=1S/C17H18F2O/c1-10-6-12(3)15(7-11(10)2)17(20)8-13-4-5-14(18)9-16(13)19/h4-7,9,17,20H,8H2,1-3H3. The van der Waals surface area contributed by atoms with Crippen LogP contribution >= 0.6 is 0 Å². The third kappa shape index (κ3) is 3.05. The van der Waals surface area contributed by atoms with E-state index < -0.39 is 17.7 Å². The normalized spacial score (nSPS) is 12.5. The summed E-state index contributed by atoms with van der Waals surface area (Å²) in [5, 5.41) is 10.3. The van der Waals surface area contributed by atoms with Crippen LogP contribution in [-0.4, -0.2) is 5.11 Å². The van der Waals surface area contributed by atoms with Gasteiger partial charge in [-0.3, -0.25) is 0 Å². The Balaban J connectivity index is 2.28. The highest BCUT2D eigenvalue weighted by Gasteiger charge is 2.15. The molecular weight excluding hydrogens is 258 g/mol. The molecule has 0 spiro atoms. The molecule has 1 nitrogen and oxygen atoms in total. The Kier molecular flexibility index (Phi) is 4.19. The molecule has 0 radical (unpaired) electrons. The lowest BCUT2D eigenvalue weighted by atomic mass is 9.94. The lowest BCUT2D eigenvalue weighted by Crippen LogP contribution is -2.06. The average molecular weight is 276 g/mol. The van der Waals surface area contributed by atoms with Crippen LogP contribution in [-0.2, 0) is 6.42 Å². The summed E-state index contributed by atoms with van der Waals surface area (Å²) in [6.07, 6.45) is -0.663. The Morgan fingerprint density at radius 1 is 0.950 bits per heavy atom. The molecule has 0 aliphatic rings. The van der Waals surface area contributed by atoms with Gasteiger partial charge in [-0.25, -0.2) is 8.78 Å². The van der Waals surface area contributed by atoms with Crippen molar-refractivity contribution in [1.29, 1.82) is 0 Å². The molecule has 0 bridgehead atoms. The van der Waals surface area contributed by atoms with Crippen molar-refractivity contribution in [1.82, 2.24) is 0 Å². The number of aryl methyl sites for hydroxylation is 3. The van der Waals surface area contributed by atoms with Crippen molar-refractivity contribution in [2.24, 2.45) is 0 Å². The first-order valence-corrected chi connectivity index (χ1v) is 6.58. The van der Waals surface area contributed by atoms with Crippen LogP contribution in [0, 0.1) is 32.4 Å². The first-order valence-electron chi connectivity index (χ1n) is 6.58. The van der Waals surface area contributed by atoms with Gasteiger partial charge in [-0.15, -0.1) is 0 Å². The van der Waals surface area contributed by atoms with Gasteiger partial charge in [0.05, 0.1) is 6.10 Å². The zero-order valence-corrected chi connectivity index (χ0v) is 11.9. The number of benzene rings is 2. The Morgan fingerprint density at radius 3 is 2.25 bits per heavy atom. The van der Waals surface area contributed by atoms with Crippen molar-refractivity contribution in [2.75, 3.05) is 0 Å². The second-order valence-electron chi connectivity index (χ2n) is 5.25. The monoisotopic (exact) mass is 276 g/mol. The van der Waals surface area contributed by atoms with Crippen molar-refractivity contribution in [3.8, 4) is 0 Å². The van der Waals surface area contributed by atoms with E-state index >= 15 is 0 Å². The summed E-state index contributed by atoms with van der Waals surface area (Å²) in [6.45, 7) is 5.91. The van der Waals surface area contributed by atoms with E-state index in [0.717, 1.165) is 28.3 Å². The van der Waals surface area contributed by atoms with Crippen LogP contribution in [0.1, 0.15) is 33.9 Å². The fourth-order valence-electron chi connectivity index (χ4n) is 2.35. The first-order chi connectivity index (χ1) is 9.38. The predicted octanol–water partition coefficient (Wildman–Crippen LogP) is 4.17. The van der Waals surface area contributed by atoms with E-state index in [1.807, 2.05) is 32.9 Å². The van der Waals surface area contributed by atoms with Crippen LogP contribution in [0.5, 0.6) is 0 Å². The minimum atomic E-state index is -0.797. The smallest absolute Gasteiger partial charge is 0.129 e. The molecule has 0 amide bonds. The molecule has 1 N–H and O–H groups in total. The summed E-state index contributed by atoms with van der Waals surface area (Å²) in [4.78, 5) is 0. The van der Waals surface area contributed by atoms with Crippen molar-refractivity contribution >= 4 is 0 Å². The SMILES string of the molecule is Cc1cc(C)c(C(O)Cc2ccc(F)cc2F)cc1C. The van der Waals surface area contributed by atoms with Crippen molar-refractivity contribution in [3.05, 3.63) is 69.8 Å². The number of aliphatic hydroxyl groups is 1. The maximum absolute atomic E-state index is 13.6. The highest BCUT2D eigenvalue weighted by atomic mass is 19.1. The quantitative estimate of drug-likeness (QED) is 0.892. The van der Waals surface area contributed by atoms with Crippen molar-refractivity contribution < 1.29 is 13.9 Å². The molecule has 0 aliphatic carbocycles. The molecule has 1 atom stereocenters. The molecule has 0 heterocycles.